The van der Waals surface area contributed by atoms with Crippen molar-refractivity contribution in [2.45, 2.75) is 26.3 Å². The van der Waals surface area contributed by atoms with Crippen LogP contribution in [0.3, 0.4) is 0 Å². The number of aromatic nitrogens is 2. The summed E-state index contributed by atoms with van der Waals surface area (Å²) < 4.78 is 6.52. The van der Waals surface area contributed by atoms with Crippen molar-refractivity contribution in [2.75, 3.05) is 20.3 Å². The fourth-order valence-electron chi connectivity index (χ4n) is 1.48. The highest BCUT2D eigenvalue weighted by atomic mass is 35.5. The Bertz CT molecular complexity index is 379. The second kappa shape index (κ2) is 6.61. The van der Waals surface area contributed by atoms with Crippen molar-refractivity contribution in [2.24, 2.45) is 0 Å². The summed E-state index contributed by atoms with van der Waals surface area (Å²) >= 11 is 5.89. The van der Waals surface area contributed by atoms with Crippen molar-refractivity contribution in [3.63, 3.8) is 0 Å². The van der Waals surface area contributed by atoms with E-state index < -0.39 is 0 Å². The van der Waals surface area contributed by atoms with Crippen LogP contribution in [0.25, 0.3) is 0 Å². The van der Waals surface area contributed by atoms with E-state index in [0.29, 0.717) is 18.2 Å². The first-order chi connectivity index (χ1) is 8.07. The van der Waals surface area contributed by atoms with Crippen LogP contribution in [0, 0.1) is 6.92 Å². The van der Waals surface area contributed by atoms with Crippen LogP contribution in [0.5, 0.6) is 0 Å². The van der Waals surface area contributed by atoms with Crippen molar-refractivity contribution in [1.29, 1.82) is 0 Å². The summed E-state index contributed by atoms with van der Waals surface area (Å²) in [5.74, 6) is -0.0658. The van der Waals surface area contributed by atoms with Crippen LogP contribution in [0.1, 0.15) is 25.1 Å². The third-order valence-corrected chi connectivity index (χ3v) is 2.93. The average molecular weight is 260 g/mol. The Hall–Kier alpha value is -1.07. The molecule has 1 aromatic heterocycles. The highest BCUT2D eigenvalue weighted by Crippen LogP contribution is 2.17. The third kappa shape index (κ3) is 3.71. The van der Waals surface area contributed by atoms with Gasteiger partial charge in [0.1, 0.15) is 6.04 Å². The Balaban J connectivity index is 2.49. The van der Waals surface area contributed by atoms with Gasteiger partial charge in [0.05, 0.1) is 16.9 Å². The van der Waals surface area contributed by atoms with Gasteiger partial charge in [-0.05, 0) is 20.3 Å². The first-order valence-corrected chi connectivity index (χ1v) is 5.92. The summed E-state index contributed by atoms with van der Waals surface area (Å²) in [5.41, 5.74) is 0.797. The van der Waals surface area contributed by atoms with Gasteiger partial charge >= 0.3 is 0 Å². The Kier molecular flexibility index (Phi) is 5.44. The number of hydrogen-bond donors (Lipinski definition) is 1. The molecule has 0 aliphatic rings. The standard InChI is InChI=1S/C11H18ClN3O2/c1-8-10(12)7-14-15(8)9(2)11(16)13-5-4-6-17-3/h7,9H,4-6H2,1-3H3,(H,13,16). The van der Waals surface area contributed by atoms with Gasteiger partial charge in [-0.1, -0.05) is 11.6 Å². The van der Waals surface area contributed by atoms with Gasteiger partial charge in [-0.2, -0.15) is 5.10 Å². The highest BCUT2D eigenvalue weighted by Gasteiger charge is 2.17. The predicted molar refractivity (Wildman–Crippen MR) is 66.2 cm³/mol. The Morgan fingerprint density at radius 1 is 1.71 bits per heavy atom. The quantitative estimate of drug-likeness (QED) is 0.789. The van der Waals surface area contributed by atoms with E-state index in [0.717, 1.165) is 12.1 Å². The van der Waals surface area contributed by atoms with Crippen molar-refractivity contribution >= 4 is 17.5 Å². The molecule has 1 atom stereocenters. The van der Waals surface area contributed by atoms with Crippen LogP contribution in [0.2, 0.25) is 5.02 Å². The van der Waals surface area contributed by atoms with Crippen LogP contribution in [0.4, 0.5) is 0 Å². The van der Waals surface area contributed by atoms with Crippen molar-refractivity contribution in [1.82, 2.24) is 15.1 Å². The predicted octanol–water partition coefficient (Wildman–Crippen LogP) is 1.56. The highest BCUT2D eigenvalue weighted by molar-refractivity contribution is 6.31. The van der Waals surface area contributed by atoms with Crippen LogP contribution in [-0.4, -0.2) is 35.9 Å². The number of carbonyl (C=O) groups is 1. The molecule has 6 heteroatoms. The zero-order valence-electron chi connectivity index (χ0n) is 10.4. The molecule has 96 valence electrons. The van der Waals surface area contributed by atoms with Gasteiger partial charge in [0, 0.05) is 20.3 Å². The molecule has 1 amide bonds. The summed E-state index contributed by atoms with van der Waals surface area (Å²) in [4.78, 5) is 11.8. The number of ether oxygens (including phenoxy) is 1. The minimum Gasteiger partial charge on any atom is -0.385 e. The van der Waals surface area contributed by atoms with E-state index in [9.17, 15) is 4.79 Å². The molecule has 5 nitrogen and oxygen atoms in total. The van der Waals surface area contributed by atoms with Gasteiger partial charge in [0.2, 0.25) is 5.91 Å². The molecule has 0 radical (unpaired) electrons. The van der Waals surface area contributed by atoms with Crippen LogP contribution in [-0.2, 0) is 9.53 Å². The number of rotatable bonds is 6. The third-order valence-electron chi connectivity index (χ3n) is 2.56. The number of amides is 1. The second-order valence-electron chi connectivity index (χ2n) is 3.84. The van der Waals surface area contributed by atoms with Crippen molar-refractivity contribution < 1.29 is 9.53 Å². The SMILES string of the molecule is COCCCNC(=O)C(C)n1ncc(Cl)c1C. The number of hydrogen-bond acceptors (Lipinski definition) is 3. The zero-order valence-corrected chi connectivity index (χ0v) is 11.1. The summed E-state index contributed by atoms with van der Waals surface area (Å²) in [5, 5.41) is 7.48. The van der Waals surface area contributed by atoms with Gasteiger partial charge in [0.15, 0.2) is 0 Å². The molecule has 0 aliphatic heterocycles. The van der Waals surface area contributed by atoms with Gasteiger partial charge in [0.25, 0.3) is 0 Å². The minimum absolute atomic E-state index is 0.0658. The first kappa shape index (κ1) is 14.0. The van der Waals surface area contributed by atoms with Gasteiger partial charge in [-0.3, -0.25) is 9.48 Å². The maximum Gasteiger partial charge on any atom is 0.244 e. The Morgan fingerprint density at radius 2 is 2.41 bits per heavy atom. The molecule has 0 saturated carbocycles. The molecule has 1 aromatic rings. The number of nitrogens with one attached hydrogen (secondary N) is 1. The van der Waals surface area contributed by atoms with Gasteiger partial charge in [-0.25, -0.2) is 0 Å². The van der Waals surface area contributed by atoms with E-state index in [4.69, 9.17) is 16.3 Å². The molecule has 0 bridgehead atoms. The molecule has 0 fully saturated rings. The van der Waals surface area contributed by atoms with E-state index in [1.165, 1.54) is 0 Å². The maximum atomic E-state index is 11.8. The molecule has 1 heterocycles. The minimum atomic E-state index is -0.356. The van der Waals surface area contributed by atoms with Crippen LogP contribution in [0.15, 0.2) is 6.20 Å². The zero-order chi connectivity index (χ0) is 12.8. The molecular weight excluding hydrogens is 242 g/mol. The van der Waals surface area contributed by atoms with E-state index in [2.05, 4.69) is 10.4 Å². The van der Waals surface area contributed by atoms with Crippen LogP contribution < -0.4 is 5.32 Å². The fraction of sp³-hybridized carbons (Fsp3) is 0.636. The van der Waals surface area contributed by atoms with Crippen molar-refractivity contribution in [3.05, 3.63) is 16.9 Å². The van der Waals surface area contributed by atoms with E-state index in [-0.39, 0.29) is 11.9 Å². The molecule has 0 aromatic carbocycles. The second-order valence-corrected chi connectivity index (χ2v) is 4.24. The first-order valence-electron chi connectivity index (χ1n) is 5.54. The lowest BCUT2D eigenvalue weighted by atomic mass is 10.3. The summed E-state index contributed by atoms with van der Waals surface area (Å²) in [6.45, 7) is 4.87. The molecule has 0 aliphatic carbocycles. The number of nitrogens with zero attached hydrogens (tertiary/aromatic N) is 2. The topological polar surface area (TPSA) is 56.1 Å². The number of halogens is 1. The summed E-state index contributed by atoms with van der Waals surface area (Å²) in [6, 6.07) is -0.356. The number of carbonyl (C=O) groups excluding carboxylic acids is 1. The monoisotopic (exact) mass is 259 g/mol. The van der Waals surface area contributed by atoms with Gasteiger partial charge in [-0.15, -0.1) is 0 Å². The molecular formula is C11H18ClN3O2. The molecule has 0 saturated heterocycles. The van der Waals surface area contributed by atoms with E-state index in [1.54, 1.807) is 24.9 Å². The lowest BCUT2D eigenvalue weighted by Gasteiger charge is -2.14. The molecule has 17 heavy (non-hydrogen) atoms. The lowest BCUT2D eigenvalue weighted by Crippen LogP contribution is -2.32. The summed E-state index contributed by atoms with van der Waals surface area (Å²) in [7, 11) is 1.64. The lowest BCUT2D eigenvalue weighted by molar-refractivity contribution is -0.124. The fourth-order valence-corrected chi connectivity index (χ4v) is 1.61. The van der Waals surface area contributed by atoms with E-state index >= 15 is 0 Å². The molecule has 1 N–H and O–H groups in total. The normalized spacial score (nSPS) is 12.5. The molecule has 1 rings (SSSR count). The van der Waals surface area contributed by atoms with Crippen molar-refractivity contribution in [3.8, 4) is 0 Å². The Labute approximate surface area is 106 Å². The summed E-state index contributed by atoms with van der Waals surface area (Å²) in [6.07, 6.45) is 2.35. The maximum absolute atomic E-state index is 11.8. The Morgan fingerprint density at radius 3 is 2.94 bits per heavy atom. The number of methoxy groups -OCH3 is 1. The molecule has 1 unspecified atom stereocenters. The largest absolute Gasteiger partial charge is 0.385 e. The smallest absolute Gasteiger partial charge is 0.244 e. The average Bonchev–Trinajstić information content (AvgIpc) is 2.64. The van der Waals surface area contributed by atoms with E-state index in [1.807, 2.05) is 6.92 Å². The molecule has 0 spiro atoms. The van der Waals surface area contributed by atoms with Crippen LogP contribution >= 0.6 is 11.6 Å². The van der Waals surface area contributed by atoms with Gasteiger partial charge < -0.3 is 10.1 Å².